The highest BCUT2D eigenvalue weighted by Gasteiger charge is 2.32. The van der Waals surface area contributed by atoms with Gasteiger partial charge in [0.15, 0.2) is 11.5 Å². The van der Waals surface area contributed by atoms with E-state index in [1.807, 2.05) is 5.38 Å². The number of nitrogens with one attached hydrogen (secondary N) is 1. The van der Waals surface area contributed by atoms with Gasteiger partial charge in [-0.1, -0.05) is 0 Å². The summed E-state index contributed by atoms with van der Waals surface area (Å²) in [5.41, 5.74) is 1.93. The number of anilines is 1. The van der Waals surface area contributed by atoms with Gasteiger partial charge in [0.05, 0.1) is 25.4 Å². The van der Waals surface area contributed by atoms with Crippen molar-refractivity contribution in [3.8, 4) is 11.5 Å². The van der Waals surface area contributed by atoms with Crippen LogP contribution in [0, 0.1) is 0 Å². The minimum absolute atomic E-state index is 0.291. The molecule has 0 unspecified atom stereocenters. The first-order chi connectivity index (χ1) is 13.2. The van der Waals surface area contributed by atoms with Crippen LogP contribution in [0.3, 0.4) is 0 Å². The van der Waals surface area contributed by atoms with Gasteiger partial charge in [0.25, 0.3) is 5.91 Å². The first-order valence-corrected chi connectivity index (χ1v) is 10.0. The molecule has 0 bridgehead atoms. The van der Waals surface area contributed by atoms with E-state index in [-0.39, 0.29) is 11.9 Å². The molecule has 2 heterocycles. The van der Waals surface area contributed by atoms with Crippen molar-refractivity contribution in [2.45, 2.75) is 32.1 Å². The van der Waals surface area contributed by atoms with Crippen molar-refractivity contribution in [2.24, 2.45) is 0 Å². The lowest BCUT2D eigenvalue weighted by atomic mass is 10.1. The standard InChI is InChI=1S/C20H21NO5S/c1-2-24-20(23)17-14(12-4-5-12)11-27-19(17)21-18(22)13-6-7-15-16(10-13)26-9-3-8-25-15/h6-7,10-12H,2-5,8-9H2,1H3,(H,21,22). The van der Waals surface area contributed by atoms with Gasteiger partial charge in [0.2, 0.25) is 0 Å². The molecule has 1 aromatic carbocycles. The fourth-order valence-electron chi connectivity index (χ4n) is 3.05. The second-order valence-electron chi connectivity index (χ2n) is 6.56. The van der Waals surface area contributed by atoms with Crippen LogP contribution in [0.1, 0.15) is 58.4 Å². The predicted octanol–water partition coefficient (Wildman–Crippen LogP) is 4.22. The summed E-state index contributed by atoms with van der Waals surface area (Å²) in [6.45, 7) is 3.23. The summed E-state index contributed by atoms with van der Waals surface area (Å²) >= 11 is 1.37. The molecule has 27 heavy (non-hydrogen) atoms. The fourth-order valence-corrected chi connectivity index (χ4v) is 4.08. The lowest BCUT2D eigenvalue weighted by molar-refractivity contribution is 0.0527. The highest BCUT2D eigenvalue weighted by Crippen LogP contribution is 2.46. The minimum atomic E-state index is -0.380. The number of thiophene rings is 1. The van der Waals surface area contributed by atoms with Crippen LogP contribution < -0.4 is 14.8 Å². The Labute approximate surface area is 161 Å². The Morgan fingerprint density at radius 1 is 1.22 bits per heavy atom. The number of amides is 1. The molecule has 0 atom stereocenters. The van der Waals surface area contributed by atoms with E-state index in [4.69, 9.17) is 14.2 Å². The van der Waals surface area contributed by atoms with Crippen LogP contribution >= 0.6 is 11.3 Å². The summed E-state index contributed by atoms with van der Waals surface area (Å²) in [4.78, 5) is 25.2. The van der Waals surface area contributed by atoms with E-state index < -0.39 is 0 Å². The largest absolute Gasteiger partial charge is 0.490 e. The Morgan fingerprint density at radius 2 is 2.00 bits per heavy atom. The molecular weight excluding hydrogens is 366 g/mol. The topological polar surface area (TPSA) is 73.9 Å². The van der Waals surface area contributed by atoms with E-state index in [1.165, 1.54) is 11.3 Å². The molecule has 1 saturated carbocycles. The molecule has 7 heteroatoms. The Morgan fingerprint density at radius 3 is 2.74 bits per heavy atom. The number of hydrogen-bond donors (Lipinski definition) is 1. The molecule has 0 spiro atoms. The average molecular weight is 387 g/mol. The third kappa shape index (κ3) is 3.78. The molecule has 6 nitrogen and oxygen atoms in total. The van der Waals surface area contributed by atoms with Crippen LogP contribution in [0.5, 0.6) is 11.5 Å². The summed E-state index contributed by atoms with van der Waals surface area (Å²) in [5, 5.41) is 5.36. The van der Waals surface area contributed by atoms with Gasteiger partial charge in [-0.05, 0) is 54.8 Å². The van der Waals surface area contributed by atoms with E-state index in [2.05, 4.69) is 5.32 Å². The van der Waals surface area contributed by atoms with Crippen LogP contribution in [0.15, 0.2) is 23.6 Å². The smallest absolute Gasteiger partial charge is 0.341 e. The second kappa shape index (κ2) is 7.60. The monoisotopic (exact) mass is 387 g/mol. The third-order valence-electron chi connectivity index (χ3n) is 4.55. The van der Waals surface area contributed by atoms with Gasteiger partial charge in [-0.2, -0.15) is 0 Å². The molecule has 1 aliphatic heterocycles. The number of carbonyl (C=O) groups is 2. The normalized spacial score (nSPS) is 15.7. The molecule has 1 fully saturated rings. The molecule has 1 aromatic heterocycles. The number of carbonyl (C=O) groups excluding carboxylic acids is 2. The molecule has 142 valence electrons. The quantitative estimate of drug-likeness (QED) is 0.778. The number of fused-ring (bicyclic) bond motifs is 1. The molecule has 1 aliphatic carbocycles. The third-order valence-corrected chi connectivity index (χ3v) is 5.47. The Kier molecular flexibility index (Phi) is 5.03. The maximum absolute atomic E-state index is 12.8. The number of rotatable bonds is 5. The van der Waals surface area contributed by atoms with Crippen molar-refractivity contribution in [1.82, 2.24) is 0 Å². The van der Waals surface area contributed by atoms with Crippen LogP contribution in [0.4, 0.5) is 5.00 Å². The number of ether oxygens (including phenoxy) is 3. The fraction of sp³-hybridized carbons (Fsp3) is 0.400. The Bertz CT molecular complexity index is 871. The van der Waals surface area contributed by atoms with Crippen molar-refractivity contribution < 1.29 is 23.8 Å². The summed E-state index contributed by atoms with van der Waals surface area (Å²) < 4.78 is 16.5. The maximum atomic E-state index is 12.8. The van der Waals surface area contributed by atoms with Gasteiger partial charge in [-0.15, -0.1) is 11.3 Å². The second-order valence-corrected chi connectivity index (χ2v) is 7.44. The summed E-state index contributed by atoms with van der Waals surface area (Å²) in [7, 11) is 0. The molecule has 0 radical (unpaired) electrons. The summed E-state index contributed by atoms with van der Waals surface area (Å²) in [6.07, 6.45) is 2.94. The zero-order valence-electron chi connectivity index (χ0n) is 15.1. The lowest BCUT2D eigenvalue weighted by Crippen LogP contribution is -2.15. The van der Waals surface area contributed by atoms with E-state index in [0.29, 0.717) is 53.4 Å². The van der Waals surface area contributed by atoms with E-state index in [9.17, 15) is 9.59 Å². The molecular formula is C20H21NO5S. The summed E-state index contributed by atoms with van der Waals surface area (Å²) in [6, 6.07) is 5.11. The maximum Gasteiger partial charge on any atom is 0.341 e. The van der Waals surface area contributed by atoms with Crippen LogP contribution in [-0.4, -0.2) is 31.7 Å². The van der Waals surface area contributed by atoms with Gasteiger partial charge < -0.3 is 19.5 Å². The van der Waals surface area contributed by atoms with Gasteiger partial charge >= 0.3 is 5.97 Å². The molecule has 2 aliphatic rings. The molecule has 2 aromatic rings. The Balaban J connectivity index is 1.58. The molecule has 1 amide bonds. The van der Waals surface area contributed by atoms with E-state index >= 15 is 0 Å². The SMILES string of the molecule is CCOC(=O)c1c(C2CC2)csc1NC(=O)c1ccc2c(c1)OCCCO2. The van der Waals surface area contributed by atoms with Crippen molar-refractivity contribution in [3.63, 3.8) is 0 Å². The van der Waals surface area contributed by atoms with Crippen LogP contribution in [-0.2, 0) is 4.74 Å². The number of benzene rings is 1. The van der Waals surface area contributed by atoms with Crippen molar-refractivity contribution in [2.75, 3.05) is 25.1 Å². The zero-order chi connectivity index (χ0) is 18.8. The van der Waals surface area contributed by atoms with Crippen LogP contribution in [0.2, 0.25) is 0 Å². The van der Waals surface area contributed by atoms with E-state index in [1.54, 1.807) is 25.1 Å². The Hall–Kier alpha value is -2.54. The number of esters is 1. The van der Waals surface area contributed by atoms with Gasteiger partial charge in [-0.3, -0.25) is 4.79 Å². The molecule has 1 N–H and O–H groups in total. The highest BCUT2D eigenvalue weighted by molar-refractivity contribution is 7.15. The first kappa shape index (κ1) is 17.9. The van der Waals surface area contributed by atoms with Gasteiger partial charge in [-0.25, -0.2) is 4.79 Å². The van der Waals surface area contributed by atoms with Gasteiger partial charge in [0.1, 0.15) is 5.00 Å². The zero-order valence-corrected chi connectivity index (χ0v) is 15.9. The van der Waals surface area contributed by atoms with Crippen molar-refractivity contribution >= 4 is 28.2 Å². The summed E-state index contributed by atoms with van der Waals surface area (Å²) in [5.74, 6) is 0.929. The van der Waals surface area contributed by atoms with Crippen LogP contribution in [0.25, 0.3) is 0 Å². The minimum Gasteiger partial charge on any atom is -0.490 e. The first-order valence-electron chi connectivity index (χ1n) is 9.17. The van der Waals surface area contributed by atoms with Crippen molar-refractivity contribution in [3.05, 3.63) is 40.3 Å². The highest BCUT2D eigenvalue weighted by atomic mass is 32.1. The lowest BCUT2D eigenvalue weighted by Gasteiger charge is -2.10. The predicted molar refractivity (Wildman–Crippen MR) is 102 cm³/mol. The number of hydrogen-bond acceptors (Lipinski definition) is 6. The van der Waals surface area contributed by atoms with E-state index in [0.717, 1.165) is 24.8 Å². The molecule has 0 saturated heterocycles. The molecule has 4 rings (SSSR count). The van der Waals surface area contributed by atoms with Gasteiger partial charge in [0, 0.05) is 12.0 Å². The van der Waals surface area contributed by atoms with Crippen molar-refractivity contribution in [1.29, 1.82) is 0 Å². The average Bonchev–Trinajstić information content (AvgIpc) is 3.46.